The third-order valence-corrected chi connectivity index (χ3v) is 3.76. The molecule has 0 atom stereocenters. The first-order valence-electron chi connectivity index (χ1n) is 6.01. The van der Waals surface area contributed by atoms with Gasteiger partial charge in [0.1, 0.15) is 5.71 Å². The number of benzene rings is 1. The zero-order chi connectivity index (χ0) is 14.5. The molecule has 0 saturated carbocycles. The molecular weight excluding hydrogens is 342 g/mol. The average Bonchev–Trinajstić information content (AvgIpc) is 2.86. The Hall–Kier alpha value is -1.47. The zero-order valence-electron chi connectivity index (χ0n) is 10.6. The molecule has 0 fully saturated rings. The van der Waals surface area contributed by atoms with E-state index >= 15 is 0 Å². The maximum absolute atomic E-state index is 11.8. The number of fused-ring (bicyclic) bond motifs is 1. The van der Waals surface area contributed by atoms with Crippen LogP contribution in [0, 0.1) is 0 Å². The van der Waals surface area contributed by atoms with Crippen LogP contribution in [-0.4, -0.2) is 34.1 Å². The summed E-state index contributed by atoms with van der Waals surface area (Å²) < 4.78 is 0.930. The summed E-state index contributed by atoms with van der Waals surface area (Å²) >= 11 is 7.50. The van der Waals surface area contributed by atoms with Gasteiger partial charge in [0.15, 0.2) is 0 Å². The molecule has 1 aromatic heterocycles. The Kier molecular flexibility index (Phi) is 5.08. The summed E-state index contributed by atoms with van der Waals surface area (Å²) in [6, 6.07) is 5.80. The fourth-order valence-corrected chi connectivity index (χ4v) is 2.69. The van der Waals surface area contributed by atoms with Gasteiger partial charge < -0.3 is 15.5 Å². The van der Waals surface area contributed by atoms with Crippen molar-refractivity contribution in [2.75, 3.05) is 12.3 Å². The highest BCUT2D eigenvalue weighted by atomic mass is 79.9. The van der Waals surface area contributed by atoms with E-state index in [0.29, 0.717) is 12.3 Å². The van der Waals surface area contributed by atoms with Gasteiger partial charge in [-0.1, -0.05) is 27.2 Å². The maximum Gasteiger partial charge on any atom is 0.269 e. The van der Waals surface area contributed by atoms with Crippen LogP contribution in [0.2, 0.25) is 0 Å². The first-order valence-corrected chi connectivity index (χ1v) is 7.44. The van der Waals surface area contributed by atoms with Gasteiger partial charge in [-0.3, -0.25) is 4.79 Å². The number of carbonyl (C=O) groups is 1. The molecule has 0 spiro atoms. The second-order valence-corrected chi connectivity index (χ2v) is 5.48. The largest absolute Gasteiger partial charge is 0.410 e. The quantitative estimate of drug-likeness (QED) is 0.287. The molecule has 20 heavy (non-hydrogen) atoms. The van der Waals surface area contributed by atoms with Crippen molar-refractivity contribution >= 4 is 51.1 Å². The Balaban J connectivity index is 2.25. The predicted octanol–water partition coefficient (Wildman–Crippen LogP) is 2.35. The third-order valence-electron chi connectivity index (χ3n) is 2.87. The van der Waals surface area contributed by atoms with E-state index in [9.17, 15) is 4.79 Å². The fourth-order valence-electron chi connectivity index (χ4n) is 1.96. The summed E-state index contributed by atoms with van der Waals surface area (Å²) in [6.07, 6.45) is 2.06. The monoisotopic (exact) mass is 355 g/mol. The van der Waals surface area contributed by atoms with E-state index in [1.165, 1.54) is 0 Å². The van der Waals surface area contributed by atoms with Crippen LogP contribution >= 0.6 is 28.6 Å². The van der Waals surface area contributed by atoms with Crippen molar-refractivity contribution in [1.82, 2.24) is 10.3 Å². The molecule has 2 rings (SSSR count). The highest BCUT2D eigenvalue weighted by Gasteiger charge is 2.16. The van der Waals surface area contributed by atoms with Gasteiger partial charge in [-0.2, -0.15) is 12.6 Å². The Morgan fingerprint density at radius 2 is 2.30 bits per heavy atom. The second-order valence-electron chi connectivity index (χ2n) is 4.18. The lowest BCUT2D eigenvalue weighted by Gasteiger charge is -2.05. The van der Waals surface area contributed by atoms with E-state index < -0.39 is 0 Å². The van der Waals surface area contributed by atoms with Crippen molar-refractivity contribution in [3.63, 3.8) is 0 Å². The van der Waals surface area contributed by atoms with Gasteiger partial charge in [0.05, 0.1) is 0 Å². The highest BCUT2D eigenvalue weighted by Crippen LogP contribution is 2.27. The van der Waals surface area contributed by atoms with Crippen molar-refractivity contribution in [3.05, 3.63) is 34.4 Å². The number of nitrogens with one attached hydrogen (secondary N) is 2. The first kappa shape index (κ1) is 14.9. The van der Waals surface area contributed by atoms with Crippen LogP contribution < -0.4 is 5.32 Å². The van der Waals surface area contributed by atoms with E-state index in [1.807, 2.05) is 24.4 Å². The number of hydrogen-bond donors (Lipinski definition) is 4. The summed E-state index contributed by atoms with van der Waals surface area (Å²) in [5, 5.41) is 15.7. The van der Waals surface area contributed by atoms with E-state index in [-0.39, 0.29) is 18.0 Å². The molecule has 7 heteroatoms. The fraction of sp³-hybridized carbons (Fsp3) is 0.231. The number of aromatic amines is 1. The average molecular weight is 356 g/mol. The molecule has 0 saturated heterocycles. The van der Waals surface area contributed by atoms with Crippen molar-refractivity contribution in [2.24, 2.45) is 5.16 Å². The van der Waals surface area contributed by atoms with Crippen molar-refractivity contribution in [2.45, 2.75) is 6.42 Å². The van der Waals surface area contributed by atoms with Gasteiger partial charge in [0.2, 0.25) is 0 Å². The first-order chi connectivity index (χ1) is 9.67. The van der Waals surface area contributed by atoms with Gasteiger partial charge in [0.25, 0.3) is 5.91 Å². The molecule has 1 amide bonds. The summed E-state index contributed by atoms with van der Waals surface area (Å²) in [4.78, 5) is 15.0. The standard InChI is InChI=1S/C13H14BrN3O2S/c14-9-2-1-3-10-12(9)8(7-16-10)6-11(17-19)13(18)15-4-5-20/h1-3,7,16,19-20H,4-6H2,(H,15,18)/b17-11+. The molecule has 0 radical (unpaired) electrons. The zero-order valence-corrected chi connectivity index (χ0v) is 13.0. The van der Waals surface area contributed by atoms with Crippen LogP contribution in [0.4, 0.5) is 0 Å². The second kappa shape index (κ2) is 6.81. The normalized spacial score (nSPS) is 11.8. The van der Waals surface area contributed by atoms with Crippen molar-refractivity contribution < 1.29 is 10.0 Å². The molecule has 0 bridgehead atoms. The predicted molar refractivity (Wildman–Crippen MR) is 85.8 cm³/mol. The number of H-pyrrole nitrogens is 1. The number of rotatable bonds is 5. The lowest BCUT2D eigenvalue weighted by Crippen LogP contribution is -2.33. The minimum absolute atomic E-state index is 0.0726. The summed E-state index contributed by atoms with van der Waals surface area (Å²) in [6.45, 7) is 0.429. The number of thiol groups is 1. The van der Waals surface area contributed by atoms with Gasteiger partial charge >= 0.3 is 0 Å². The lowest BCUT2D eigenvalue weighted by molar-refractivity contribution is -0.114. The van der Waals surface area contributed by atoms with Gasteiger partial charge in [-0.25, -0.2) is 0 Å². The van der Waals surface area contributed by atoms with E-state index in [1.54, 1.807) is 0 Å². The highest BCUT2D eigenvalue weighted by molar-refractivity contribution is 9.10. The summed E-state index contributed by atoms with van der Waals surface area (Å²) in [5.74, 6) is 0.145. The van der Waals surface area contributed by atoms with E-state index in [4.69, 9.17) is 5.21 Å². The molecule has 1 aromatic carbocycles. The molecular formula is C13H14BrN3O2S. The molecule has 106 valence electrons. The third kappa shape index (κ3) is 3.16. The minimum atomic E-state index is -0.386. The summed E-state index contributed by atoms with van der Waals surface area (Å²) in [5.41, 5.74) is 1.92. The maximum atomic E-state index is 11.8. The number of oxime groups is 1. The van der Waals surface area contributed by atoms with Gasteiger partial charge in [-0.05, 0) is 17.7 Å². The topological polar surface area (TPSA) is 77.5 Å². The number of amides is 1. The van der Waals surface area contributed by atoms with Crippen LogP contribution in [0.3, 0.4) is 0 Å². The Morgan fingerprint density at radius 3 is 3.00 bits per heavy atom. The number of nitrogens with zero attached hydrogens (tertiary/aromatic N) is 1. The Bertz CT molecular complexity index is 654. The lowest BCUT2D eigenvalue weighted by atomic mass is 10.1. The number of carbonyl (C=O) groups excluding carboxylic acids is 1. The molecule has 2 aromatic rings. The van der Waals surface area contributed by atoms with Gasteiger partial charge in [-0.15, -0.1) is 0 Å². The molecule has 5 nitrogen and oxygen atoms in total. The van der Waals surface area contributed by atoms with Crippen LogP contribution in [0.25, 0.3) is 10.9 Å². The number of hydrogen-bond acceptors (Lipinski definition) is 4. The van der Waals surface area contributed by atoms with E-state index in [0.717, 1.165) is 20.9 Å². The van der Waals surface area contributed by atoms with Crippen molar-refractivity contribution in [3.8, 4) is 0 Å². The Morgan fingerprint density at radius 1 is 1.50 bits per heavy atom. The van der Waals surface area contributed by atoms with Crippen molar-refractivity contribution in [1.29, 1.82) is 0 Å². The van der Waals surface area contributed by atoms with Crippen LogP contribution in [0.1, 0.15) is 5.56 Å². The smallest absolute Gasteiger partial charge is 0.269 e. The Labute approximate surface area is 130 Å². The SMILES string of the molecule is O=C(NCCS)/C(Cc1c[nH]c2cccc(Br)c12)=N/O. The number of halogens is 1. The van der Waals surface area contributed by atoms with Gasteiger partial charge in [0, 0.05) is 40.3 Å². The molecule has 0 aliphatic heterocycles. The van der Waals surface area contributed by atoms with Crippen LogP contribution in [-0.2, 0) is 11.2 Å². The van der Waals surface area contributed by atoms with E-state index in [2.05, 4.69) is 44.0 Å². The molecule has 0 aliphatic carbocycles. The van der Waals surface area contributed by atoms with Crippen LogP contribution in [0.15, 0.2) is 34.0 Å². The molecule has 0 unspecified atom stereocenters. The molecule has 0 aliphatic rings. The minimum Gasteiger partial charge on any atom is -0.410 e. The molecule has 1 heterocycles. The number of aromatic nitrogens is 1. The van der Waals surface area contributed by atoms with Crippen LogP contribution in [0.5, 0.6) is 0 Å². The molecule has 3 N–H and O–H groups in total. The summed E-state index contributed by atoms with van der Waals surface area (Å²) in [7, 11) is 0.